The standard InChI is InChI=1S/C26H32N2O5/c1-26(2,3)33-24(29)27-22-17-28(25(30)32-19-21-13-8-5-9-14-21)16-10-15-23(22)31-18-20-11-6-4-7-12-20/h4-15,22-23H,16-19H2,1-3H3,(H,27,29)/t22-,23-/m1/s1. The van der Waals surface area contributed by atoms with E-state index in [1.807, 2.05) is 72.8 Å². The van der Waals surface area contributed by atoms with E-state index in [0.29, 0.717) is 13.2 Å². The molecule has 0 aliphatic carbocycles. The zero-order valence-electron chi connectivity index (χ0n) is 19.4. The highest BCUT2D eigenvalue weighted by atomic mass is 16.6. The number of carbonyl (C=O) groups is 2. The number of rotatable bonds is 6. The Bertz CT molecular complexity index is 925. The molecule has 0 unspecified atom stereocenters. The molecule has 176 valence electrons. The number of amides is 2. The summed E-state index contributed by atoms with van der Waals surface area (Å²) in [5, 5.41) is 2.87. The van der Waals surface area contributed by atoms with Crippen LogP contribution in [0.2, 0.25) is 0 Å². The number of hydrogen-bond acceptors (Lipinski definition) is 5. The Kier molecular flexibility index (Phi) is 8.49. The Balaban J connectivity index is 1.66. The maximum Gasteiger partial charge on any atom is 0.410 e. The maximum atomic E-state index is 12.8. The molecule has 1 aliphatic heterocycles. The number of ether oxygens (including phenoxy) is 3. The molecular formula is C26H32N2O5. The van der Waals surface area contributed by atoms with Crippen LogP contribution in [0.25, 0.3) is 0 Å². The van der Waals surface area contributed by atoms with Crippen molar-refractivity contribution in [2.45, 2.75) is 51.7 Å². The molecule has 0 radical (unpaired) electrons. The fourth-order valence-electron chi connectivity index (χ4n) is 3.36. The van der Waals surface area contributed by atoms with Gasteiger partial charge in [-0.15, -0.1) is 0 Å². The number of carbonyl (C=O) groups excluding carboxylic acids is 2. The van der Waals surface area contributed by atoms with Crippen LogP contribution in [0.15, 0.2) is 72.8 Å². The van der Waals surface area contributed by atoms with Gasteiger partial charge < -0.3 is 24.4 Å². The van der Waals surface area contributed by atoms with E-state index in [4.69, 9.17) is 14.2 Å². The van der Waals surface area contributed by atoms with Gasteiger partial charge in [-0.3, -0.25) is 0 Å². The third kappa shape index (κ3) is 8.27. The molecule has 1 aliphatic rings. The molecule has 1 heterocycles. The van der Waals surface area contributed by atoms with E-state index in [1.54, 1.807) is 25.7 Å². The van der Waals surface area contributed by atoms with Crippen molar-refractivity contribution < 1.29 is 23.8 Å². The first-order valence-electron chi connectivity index (χ1n) is 11.1. The molecule has 2 atom stereocenters. The van der Waals surface area contributed by atoms with Crippen LogP contribution in [0.4, 0.5) is 9.59 Å². The Labute approximate surface area is 195 Å². The van der Waals surface area contributed by atoms with Crippen LogP contribution in [-0.2, 0) is 27.4 Å². The van der Waals surface area contributed by atoms with Crippen LogP contribution < -0.4 is 5.32 Å². The molecule has 3 rings (SSSR count). The molecule has 33 heavy (non-hydrogen) atoms. The van der Waals surface area contributed by atoms with E-state index in [-0.39, 0.29) is 13.2 Å². The van der Waals surface area contributed by atoms with Gasteiger partial charge in [-0.25, -0.2) is 9.59 Å². The van der Waals surface area contributed by atoms with E-state index in [2.05, 4.69) is 5.32 Å². The molecule has 0 fully saturated rings. The summed E-state index contributed by atoms with van der Waals surface area (Å²) in [6, 6.07) is 18.8. The van der Waals surface area contributed by atoms with Crippen molar-refractivity contribution in [3.05, 3.63) is 83.9 Å². The van der Waals surface area contributed by atoms with Crippen molar-refractivity contribution in [3.63, 3.8) is 0 Å². The van der Waals surface area contributed by atoms with Crippen LogP contribution in [0, 0.1) is 0 Å². The van der Waals surface area contributed by atoms with Crippen LogP contribution in [-0.4, -0.2) is 47.9 Å². The van der Waals surface area contributed by atoms with Gasteiger partial charge in [-0.2, -0.15) is 0 Å². The predicted molar refractivity (Wildman–Crippen MR) is 126 cm³/mol. The minimum Gasteiger partial charge on any atom is -0.445 e. The van der Waals surface area contributed by atoms with E-state index < -0.39 is 29.9 Å². The van der Waals surface area contributed by atoms with Crippen molar-refractivity contribution in [2.75, 3.05) is 13.1 Å². The van der Waals surface area contributed by atoms with Gasteiger partial charge in [0.2, 0.25) is 0 Å². The predicted octanol–water partition coefficient (Wildman–Crippen LogP) is 4.67. The molecule has 7 heteroatoms. The average molecular weight is 453 g/mol. The quantitative estimate of drug-likeness (QED) is 0.645. The molecule has 2 aromatic rings. The first-order valence-corrected chi connectivity index (χ1v) is 11.1. The van der Waals surface area contributed by atoms with Crippen molar-refractivity contribution >= 4 is 12.2 Å². The molecule has 0 spiro atoms. The SMILES string of the molecule is CC(C)(C)OC(=O)N[C@@H]1CN(C(=O)OCc2ccccc2)CC=C[C@H]1OCc1ccccc1. The monoisotopic (exact) mass is 452 g/mol. The summed E-state index contributed by atoms with van der Waals surface area (Å²) in [5.74, 6) is 0. The topological polar surface area (TPSA) is 77.1 Å². The summed E-state index contributed by atoms with van der Waals surface area (Å²) in [5.41, 5.74) is 1.29. The lowest BCUT2D eigenvalue weighted by Crippen LogP contribution is -2.51. The van der Waals surface area contributed by atoms with Crippen molar-refractivity contribution in [1.82, 2.24) is 10.2 Å². The molecule has 0 bridgehead atoms. The summed E-state index contributed by atoms with van der Waals surface area (Å²) >= 11 is 0. The number of nitrogens with zero attached hydrogens (tertiary/aromatic N) is 1. The Morgan fingerprint density at radius 3 is 2.18 bits per heavy atom. The van der Waals surface area contributed by atoms with Crippen LogP contribution in [0.3, 0.4) is 0 Å². The molecule has 0 aromatic heterocycles. The van der Waals surface area contributed by atoms with E-state index in [9.17, 15) is 9.59 Å². The number of alkyl carbamates (subject to hydrolysis) is 1. The average Bonchev–Trinajstić information content (AvgIpc) is 2.98. The number of benzene rings is 2. The van der Waals surface area contributed by atoms with Crippen molar-refractivity contribution in [2.24, 2.45) is 0 Å². The molecule has 2 aromatic carbocycles. The Hall–Kier alpha value is -3.32. The van der Waals surface area contributed by atoms with E-state index in [1.165, 1.54) is 0 Å². The molecular weight excluding hydrogens is 420 g/mol. The third-order valence-corrected chi connectivity index (χ3v) is 4.92. The largest absolute Gasteiger partial charge is 0.445 e. The number of hydrogen-bond donors (Lipinski definition) is 1. The smallest absolute Gasteiger partial charge is 0.410 e. The Morgan fingerprint density at radius 2 is 1.58 bits per heavy atom. The summed E-state index contributed by atoms with van der Waals surface area (Å²) in [7, 11) is 0. The first-order chi connectivity index (χ1) is 15.8. The molecule has 1 N–H and O–H groups in total. The molecule has 0 saturated carbocycles. The minimum absolute atomic E-state index is 0.179. The van der Waals surface area contributed by atoms with Crippen LogP contribution in [0.5, 0.6) is 0 Å². The minimum atomic E-state index is -0.640. The highest BCUT2D eigenvalue weighted by Crippen LogP contribution is 2.15. The lowest BCUT2D eigenvalue weighted by Gasteiger charge is -2.30. The third-order valence-electron chi connectivity index (χ3n) is 4.92. The van der Waals surface area contributed by atoms with E-state index >= 15 is 0 Å². The molecule has 2 amide bonds. The first kappa shape index (κ1) is 24.3. The van der Waals surface area contributed by atoms with Crippen molar-refractivity contribution in [3.8, 4) is 0 Å². The number of nitrogens with one attached hydrogen (secondary N) is 1. The van der Waals surface area contributed by atoms with Crippen molar-refractivity contribution in [1.29, 1.82) is 0 Å². The fraction of sp³-hybridized carbons (Fsp3) is 0.385. The summed E-state index contributed by atoms with van der Waals surface area (Å²) in [6.45, 7) is 6.53. The van der Waals surface area contributed by atoms with Gasteiger partial charge >= 0.3 is 12.2 Å². The second-order valence-electron chi connectivity index (χ2n) is 8.89. The summed E-state index contributed by atoms with van der Waals surface area (Å²) < 4.78 is 17.0. The highest BCUT2D eigenvalue weighted by molar-refractivity contribution is 5.70. The van der Waals surface area contributed by atoms with Gasteiger partial charge in [0.15, 0.2) is 0 Å². The second kappa shape index (κ2) is 11.5. The Morgan fingerprint density at radius 1 is 0.970 bits per heavy atom. The van der Waals surface area contributed by atoms with Gasteiger partial charge in [0.05, 0.1) is 18.8 Å². The van der Waals surface area contributed by atoms with Gasteiger partial charge in [0.25, 0.3) is 0 Å². The highest BCUT2D eigenvalue weighted by Gasteiger charge is 2.31. The van der Waals surface area contributed by atoms with E-state index in [0.717, 1.165) is 11.1 Å². The normalized spacial score (nSPS) is 18.3. The second-order valence-corrected chi connectivity index (χ2v) is 8.89. The van der Waals surface area contributed by atoms with Gasteiger partial charge in [0.1, 0.15) is 12.2 Å². The fourth-order valence-corrected chi connectivity index (χ4v) is 3.36. The summed E-state index contributed by atoms with van der Waals surface area (Å²) in [4.78, 5) is 26.8. The van der Waals surface area contributed by atoms with Crippen LogP contribution in [0.1, 0.15) is 31.9 Å². The zero-order valence-corrected chi connectivity index (χ0v) is 19.4. The summed E-state index contributed by atoms with van der Waals surface area (Å²) in [6.07, 6.45) is 2.27. The zero-order chi connectivity index (χ0) is 23.7. The van der Waals surface area contributed by atoms with Crippen LogP contribution >= 0.6 is 0 Å². The van der Waals surface area contributed by atoms with Gasteiger partial charge in [-0.05, 0) is 31.9 Å². The molecule has 7 nitrogen and oxygen atoms in total. The maximum absolute atomic E-state index is 12.8. The lowest BCUT2D eigenvalue weighted by molar-refractivity contribution is 0.0206. The molecule has 0 saturated heterocycles. The van der Waals surface area contributed by atoms with Gasteiger partial charge in [0, 0.05) is 13.1 Å². The van der Waals surface area contributed by atoms with Gasteiger partial charge in [-0.1, -0.05) is 72.8 Å². The lowest BCUT2D eigenvalue weighted by atomic mass is 10.1.